The Morgan fingerprint density at radius 2 is 1.58 bits per heavy atom. The molecule has 0 unspecified atom stereocenters. The lowest BCUT2D eigenvalue weighted by Crippen LogP contribution is -2.63. The van der Waals surface area contributed by atoms with Crippen molar-refractivity contribution >= 4 is 11.8 Å². The van der Waals surface area contributed by atoms with Crippen molar-refractivity contribution in [3.8, 4) is 0 Å². The molecule has 14 nitrogen and oxygen atoms in total. The lowest BCUT2D eigenvalue weighted by molar-refractivity contribution is -0.322. The van der Waals surface area contributed by atoms with Gasteiger partial charge in [0, 0.05) is 45.0 Å². The first-order valence-electron chi connectivity index (χ1n) is 17.6. The zero-order valence-electron chi connectivity index (χ0n) is 30.8. The van der Waals surface area contributed by atoms with E-state index in [4.69, 9.17) is 33.2 Å². The van der Waals surface area contributed by atoms with Gasteiger partial charge < -0.3 is 58.7 Å². The zero-order chi connectivity index (χ0) is 37.6. The van der Waals surface area contributed by atoms with E-state index >= 15 is 0 Å². The van der Waals surface area contributed by atoms with Crippen LogP contribution in [0, 0.1) is 17.8 Å². The summed E-state index contributed by atoms with van der Waals surface area (Å²) < 4.78 is 40.9. The third kappa shape index (κ3) is 10.4. The number of Topliss-reactive ketones (excluding diaryl/α,β-unsaturated/α-hetero) is 1. The molecule has 14 heteroatoms. The smallest absolute Gasteiger partial charge is 0.330 e. The van der Waals surface area contributed by atoms with Gasteiger partial charge in [0.05, 0.1) is 31.0 Å². The number of carbonyl (C=O) groups is 2. The fourth-order valence-corrected chi connectivity index (χ4v) is 7.08. The van der Waals surface area contributed by atoms with Crippen molar-refractivity contribution in [1.29, 1.82) is 0 Å². The Hall–Kier alpha value is -1.82. The van der Waals surface area contributed by atoms with Crippen LogP contribution in [-0.2, 0) is 42.7 Å². The van der Waals surface area contributed by atoms with Crippen molar-refractivity contribution in [2.75, 3.05) is 20.8 Å². The predicted octanol–water partition coefficient (Wildman–Crippen LogP) is 1.57. The van der Waals surface area contributed by atoms with Crippen LogP contribution in [0.5, 0.6) is 0 Å². The molecular weight excluding hydrogens is 656 g/mol. The van der Waals surface area contributed by atoms with Crippen molar-refractivity contribution < 1.29 is 68.3 Å². The van der Waals surface area contributed by atoms with E-state index in [9.17, 15) is 35.1 Å². The summed E-state index contributed by atoms with van der Waals surface area (Å²) in [6.45, 7) is 11.5. The van der Waals surface area contributed by atoms with Crippen LogP contribution in [0.3, 0.4) is 0 Å². The first-order chi connectivity index (χ1) is 23.4. The molecule has 0 bridgehead atoms. The maximum Gasteiger partial charge on any atom is 0.330 e. The van der Waals surface area contributed by atoms with Crippen LogP contribution in [0.4, 0.5) is 0 Å². The maximum absolute atomic E-state index is 13.3. The average molecular weight is 717 g/mol. The van der Waals surface area contributed by atoms with E-state index in [2.05, 4.69) is 0 Å². The second-order valence-electron chi connectivity index (χ2n) is 14.5. The fraction of sp³-hybridized carbons (Fsp3) is 0.833. The molecule has 0 aromatic heterocycles. The highest BCUT2D eigenvalue weighted by atomic mass is 16.7. The average Bonchev–Trinajstić information content (AvgIpc) is 3.04. The molecule has 3 aliphatic rings. The number of ether oxygens (including phenoxy) is 7. The van der Waals surface area contributed by atoms with Crippen LogP contribution in [0.2, 0.25) is 0 Å². The monoisotopic (exact) mass is 716 g/mol. The van der Waals surface area contributed by atoms with E-state index in [-0.39, 0.29) is 31.7 Å². The van der Waals surface area contributed by atoms with E-state index < -0.39 is 102 Å². The second kappa shape index (κ2) is 18.3. The molecule has 3 rings (SSSR count). The standard InChI is InChI=1S/C36H60O14/c1-19-14-15-27(39)48-22(4)25(18-46-33-31(45-9)30(44-8)28(40)23(5)49-33)12-10-11-13-26(38)35(7,42)16-20(2)29(19)50-34-32(41)36(43,24(6)37)17-21(3)47-34/h10,12,14-15,19-25,28-34,37,40-43H,11,13,16-18H2,1-9H3/b12-10-,15-14-/t19-,20-,21+,22+,23+,24-,25+,28+,29+,30+,31+,32-,33+,34-,35-,36-/m0/s1. The summed E-state index contributed by atoms with van der Waals surface area (Å²) >= 11 is 0. The molecular formula is C36H60O14. The summed E-state index contributed by atoms with van der Waals surface area (Å²) in [5.41, 5.74) is -3.62. The molecule has 16 atom stereocenters. The van der Waals surface area contributed by atoms with E-state index in [0.29, 0.717) is 6.42 Å². The molecule has 0 spiro atoms. The Labute approximate surface area is 295 Å². The first-order valence-corrected chi connectivity index (χ1v) is 17.6. The number of ketones is 1. The Bertz CT molecular complexity index is 1160. The number of allylic oxidation sites excluding steroid dienone is 1. The molecule has 0 amide bonds. The lowest BCUT2D eigenvalue weighted by atomic mass is 9.81. The molecule has 0 saturated carbocycles. The minimum Gasteiger partial charge on any atom is -0.459 e. The van der Waals surface area contributed by atoms with E-state index in [1.54, 1.807) is 52.8 Å². The Morgan fingerprint density at radius 3 is 2.20 bits per heavy atom. The van der Waals surface area contributed by atoms with Crippen molar-refractivity contribution in [2.24, 2.45) is 17.8 Å². The van der Waals surface area contributed by atoms with E-state index in [1.807, 2.05) is 0 Å². The van der Waals surface area contributed by atoms with Crippen molar-refractivity contribution in [3.63, 3.8) is 0 Å². The number of cyclic esters (lactones) is 1. The summed E-state index contributed by atoms with van der Waals surface area (Å²) in [5.74, 6) is -2.51. The molecule has 50 heavy (non-hydrogen) atoms. The molecule has 288 valence electrons. The molecule has 0 radical (unpaired) electrons. The molecule has 0 aromatic rings. The third-order valence-corrected chi connectivity index (χ3v) is 10.3. The maximum atomic E-state index is 13.3. The molecule has 3 heterocycles. The van der Waals surface area contributed by atoms with Crippen molar-refractivity contribution in [1.82, 2.24) is 0 Å². The Balaban J connectivity index is 1.85. The van der Waals surface area contributed by atoms with E-state index in [0.717, 1.165) is 0 Å². The number of rotatable bonds is 8. The van der Waals surface area contributed by atoms with Gasteiger partial charge in [-0.3, -0.25) is 4.79 Å². The SMILES string of the molecule is CO[C@@H]1[C@H](O)[C@@H](C)O[C@@H](OC[C@H]2/C=C\CCC(=O)[C@@](C)(O)C[C@H](C)[C@H](O[C@@H]3O[C@H](C)C[C@](O)([C@H](C)O)[C@H]3O)[C@@H](C)/C=C\C(=O)O[C@@H]2C)[C@@H]1OC. The zero-order valence-corrected chi connectivity index (χ0v) is 30.8. The van der Waals surface area contributed by atoms with Crippen molar-refractivity contribution in [3.05, 3.63) is 24.3 Å². The summed E-state index contributed by atoms with van der Waals surface area (Å²) in [7, 11) is 2.93. The van der Waals surface area contributed by atoms with Gasteiger partial charge in [0.25, 0.3) is 0 Å². The van der Waals surface area contributed by atoms with Gasteiger partial charge in [0.1, 0.15) is 41.7 Å². The minimum absolute atomic E-state index is 0.00692. The highest BCUT2D eigenvalue weighted by molar-refractivity contribution is 5.86. The molecule has 0 aromatic carbocycles. The van der Waals surface area contributed by atoms with Crippen molar-refractivity contribution in [2.45, 2.75) is 153 Å². The van der Waals surface area contributed by atoms with Gasteiger partial charge in [-0.15, -0.1) is 0 Å². The van der Waals surface area contributed by atoms with Gasteiger partial charge in [-0.1, -0.05) is 32.1 Å². The van der Waals surface area contributed by atoms with Gasteiger partial charge in [0.2, 0.25) is 0 Å². The number of carbonyl (C=O) groups excluding carboxylic acids is 2. The van der Waals surface area contributed by atoms with Gasteiger partial charge in [-0.05, 0) is 53.4 Å². The normalized spacial score (nSPS) is 46.2. The second-order valence-corrected chi connectivity index (χ2v) is 14.5. The number of aliphatic hydroxyl groups excluding tert-OH is 3. The summed E-state index contributed by atoms with van der Waals surface area (Å²) in [5, 5.41) is 54.3. The highest BCUT2D eigenvalue weighted by Gasteiger charge is 2.52. The Kier molecular flexibility index (Phi) is 15.6. The summed E-state index contributed by atoms with van der Waals surface area (Å²) in [4.78, 5) is 26.4. The van der Waals surface area contributed by atoms with Crippen LogP contribution >= 0.6 is 0 Å². The molecule has 2 fully saturated rings. The summed E-state index contributed by atoms with van der Waals surface area (Å²) in [6.07, 6.45) is -3.41. The van der Waals surface area contributed by atoms with Crippen LogP contribution in [0.25, 0.3) is 0 Å². The number of esters is 1. The van der Waals surface area contributed by atoms with Crippen LogP contribution in [0.15, 0.2) is 24.3 Å². The number of methoxy groups -OCH3 is 2. The minimum atomic E-state index is -1.89. The third-order valence-electron chi connectivity index (χ3n) is 10.3. The molecule has 0 aliphatic carbocycles. The summed E-state index contributed by atoms with van der Waals surface area (Å²) in [6, 6.07) is 0. The van der Waals surface area contributed by atoms with Gasteiger partial charge >= 0.3 is 5.97 Å². The molecule has 5 N–H and O–H groups in total. The fourth-order valence-electron chi connectivity index (χ4n) is 7.08. The predicted molar refractivity (Wildman–Crippen MR) is 179 cm³/mol. The van der Waals surface area contributed by atoms with Gasteiger partial charge in [0.15, 0.2) is 18.4 Å². The highest BCUT2D eigenvalue weighted by Crippen LogP contribution is 2.36. The quantitative estimate of drug-likeness (QED) is 0.179. The van der Waals surface area contributed by atoms with E-state index in [1.165, 1.54) is 34.1 Å². The largest absolute Gasteiger partial charge is 0.459 e. The lowest BCUT2D eigenvalue weighted by Gasteiger charge is -2.47. The first kappa shape index (κ1) is 42.6. The number of hydrogen-bond donors (Lipinski definition) is 5. The van der Waals surface area contributed by atoms with Crippen LogP contribution < -0.4 is 0 Å². The topological polar surface area (TPSA) is 200 Å². The van der Waals surface area contributed by atoms with Crippen LogP contribution in [-0.4, -0.2) is 137 Å². The molecule has 2 saturated heterocycles. The number of aliphatic hydroxyl groups is 5. The molecule has 3 aliphatic heterocycles. The Morgan fingerprint density at radius 1 is 0.920 bits per heavy atom. The van der Waals surface area contributed by atoms with Crippen LogP contribution in [0.1, 0.15) is 74.1 Å². The van der Waals surface area contributed by atoms with Gasteiger partial charge in [-0.25, -0.2) is 4.79 Å². The number of hydrogen-bond acceptors (Lipinski definition) is 14. The van der Waals surface area contributed by atoms with Gasteiger partial charge in [-0.2, -0.15) is 0 Å².